The number of amides is 1. The number of hydrazine groups is 1. The van der Waals surface area contributed by atoms with Crippen LogP contribution >= 0.6 is 12.2 Å². The van der Waals surface area contributed by atoms with Crippen LogP contribution in [0.3, 0.4) is 0 Å². The molecule has 2 heterocycles. The first-order valence-corrected chi connectivity index (χ1v) is 10.7. The Balaban J connectivity index is 1.59. The van der Waals surface area contributed by atoms with Crippen LogP contribution in [0.25, 0.3) is 22.3 Å². The molecule has 0 bridgehead atoms. The number of aryl methyl sites for hydroxylation is 2. The topological polar surface area (TPSA) is 127 Å². The van der Waals surface area contributed by atoms with Crippen LogP contribution in [0.15, 0.2) is 60.7 Å². The summed E-state index contributed by atoms with van der Waals surface area (Å²) in [6, 6.07) is 17.4. The molecular formula is C23H21N7O3S. The predicted octanol–water partition coefficient (Wildman–Crippen LogP) is 3.16. The number of thiocarbonyl (C=S) groups is 1. The van der Waals surface area contributed by atoms with Crippen LogP contribution in [-0.4, -0.2) is 30.7 Å². The molecule has 34 heavy (non-hydrogen) atoms. The molecule has 0 atom stereocenters. The molecule has 0 aliphatic heterocycles. The first-order valence-electron chi connectivity index (χ1n) is 10.3. The molecule has 10 nitrogen and oxygen atoms in total. The lowest BCUT2D eigenvalue weighted by atomic mass is 10.0. The van der Waals surface area contributed by atoms with Gasteiger partial charge in [-0.2, -0.15) is 5.10 Å². The molecule has 3 N–H and O–H groups in total. The number of carbonyl (C=O) groups excluding carboxylic acids is 1. The van der Waals surface area contributed by atoms with Gasteiger partial charge in [-0.05, 0) is 30.8 Å². The SMILES string of the molecule is Cc1nn(C)c2nc(-c3cccc([N+](=O)[O-])c3)cc(C(=O)NNC(=S)NCc3ccccc3)c12. The zero-order chi connectivity index (χ0) is 24.2. The molecule has 2 aromatic heterocycles. The van der Waals surface area contributed by atoms with Crippen molar-refractivity contribution >= 4 is 40.0 Å². The van der Waals surface area contributed by atoms with Crippen LogP contribution < -0.4 is 16.2 Å². The van der Waals surface area contributed by atoms with Crippen molar-refractivity contribution in [3.8, 4) is 11.3 Å². The third kappa shape index (κ3) is 4.84. The second-order valence-corrected chi connectivity index (χ2v) is 7.93. The van der Waals surface area contributed by atoms with Gasteiger partial charge in [0.25, 0.3) is 11.6 Å². The fraction of sp³-hybridized carbons (Fsp3) is 0.130. The van der Waals surface area contributed by atoms with Crippen LogP contribution in [0.4, 0.5) is 5.69 Å². The molecule has 0 fully saturated rings. The van der Waals surface area contributed by atoms with Gasteiger partial charge in [0.05, 0.1) is 27.3 Å². The lowest BCUT2D eigenvalue weighted by molar-refractivity contribution is -0.384. The smallest absolute Gasteiger partial charge is 0.270 e. The fourth-order valence-corrected chi connectivity index (χ4v) is 3.68. The van der Waals surface area contributed by atoms with Gasteiger partial charge in [-0.1, -0.05) is 42.5 Å². The Bertz CT molecular complexity index is 1400. The zero-order valence-electron chi connectivity index (χ0n) is 18.4. The highest BCUT2D eigenvalue weighted by atomic mass is 32.1. The highest BCUT2D eigenvalue weighted by Crippen LogP contribution is 2.28. The molecular weight excluding hydrogens is 454 g/mol. The quantitative estimate of drug-likeness (QED) is 0.228. The summed E-state index contributed by atoms with van der Waals surface area (Å²) in [5.41, 5.74) is 8.64. The Morgan fingerprint density at radius 3 is 2.62 bits per heavy atom. The first kappa shape index (κ1) is 22.8. The third-order valence-electron chi connectivity index (χ3n) is 5.15. The number of carbonyl (C=O) groups is 1. The minimum Gasteiger partial charge on any atom is -0.357 e. The molecule has 4 aromatic rings. The molecule has 0 radical (unpaired) electrons. The summed E-state index contributed by atoms with van der Waals surface area (Å²) in [5.74, 6) is -0.445. The summed E-state index contributed by atoms with van der Waals surface area (Å²) in [5, 5.41) is 19.4. The summed E-state index contributed by atoms with van der Waals surface area (Å²) in [6.45, 7) is 2.29. The number of benzene rings is 2. The minimum atomic E-state index is -0.475. The summed E-state index contributed by atoms with van der Waals surface area (Å²) >= 11 is 5.26. The standard InChI is InChI=1S/C23H21N7O3S/c1-14-20-18(22(31)26-27-23(34)24-13-15-7-4-3-5-8-15)12-19(25-21(20)29(2)28-14)16-9-6-10-17(11-16)30(32)33/h3-12H,13H2,1-2H3,(H,26,31)(H2,24,27,34). The number of rotatable bonds is 5. The lowest BCUT2D eigenvalue weighted by Crippen LogP contribution is -2.46. The number of hydrogen-bond acceptors (Lipinski definition) is 6. The monoisotopic (exact) mass is 475 g/mol. The Morgan fingerprint density at radius 2 is 1.88 bits per heavy atom. The maximum Gasteiger partial charge on any atom is 0.270 e. The number of hydrogen-bond donors (Lipinski definition) is 3. The molecule has 2 aromatic carbocycles. The Labute approximate surface area is 200 Å². The molecule has 0 saturated carbocycles. The van der Waals surface area contributed by atoms with Gasteiger partial charge in [0.2, 0.25) is 0 Å². The summed E-state index contributed by atoms with van der Waals surface area (Å²) in [6.07, 6.45) is 0. The summed E-state index contributed by atoms with van der Waals surface area (Å²) in [4.78, 5) is 28.5. The minimum absolute atomic E-state index is 0.0666. The normalized spacial score (nSPS) is 10.6. The molecule has 0 aliphatic rings. The molecule has 0 saturated heterocycles. The second-order valence-electron chi connectivity index (χ2n) is 7.52. The zero-order valence-corrected chi connectivity index (χ0v) is 19.2. The van der Waals surface area contributed by atoms with Crippen LogP contribution in [-0.2, 0) is 13.6 Å². The van der Waals surface area contributed by atoms with Crippen LogP contribution in [0, 0.1) is 17.0 Å². The third-order valence-corrected chi connectivity index (χ3v) is 5.40. The van der Waals surface area contributed by atoms with E-state index in [1.807, 2.05) is 30.3 Å². The van der Waals surface area contributed by atoms with Crippen LogP contribution in [0.2, 0.25) is 0 Å². The van der Waals surface area contributed by atoms with Crippen molar-refractivity contribution < 1.29 is 9.72 Å². The van der Waals surface area contributed by atoms with Gasteiger partial charge in [0.15, 0.2) is 10.8 Å². The van der Waals surface area contributed by atoms with Crippen molar-refractivity contribution in [2.24, 2.45) is 7.05 Å². The van der Waals surface area contributed by atoms with Gasteiger partial charge < -0.3 is 5.32 Å². The van der Waals surface area contributed by atoms with Gasteiger partial charge >= 0.3 is 0 Å². The Morgan fingerprint density at radius 1 is 1.12 bits per heavy atom. The van der Waals surface area contributed by atoms with Crippen molar-refractivity contribution in [1.82, 2.24) is 30.9 Å². The van der Waals surface area contributed by atoms with E-state index in [0.717, 1.165) is 5.56 Å². The van der Waals surface area contributed by atoms with Crippen molar-refractivity contribution in [2.45, 2.75) is 13.5 Å². The number of fused-ring (bicyclic) bond motifs is 1. The molecule has 4 rings (SSSR count). The Hall–Kier alpha value is -4.38. The van der Waals surface area contributed by atoms with E-state index in [1.54, 1.807) is 36.9 Å². The second kappa shape index (κ2) is 9.63. The number of nitro benzene ring substituents is 1. The average Bonchev–Trinajstić information content (AvgIpc) is 3.14. The van der Waals surface area contributed by atoms with E-state index in [-0.39, 0.29) is 10.8 Å². The molecule has 0 aliphatic carbocycles. The summed E-state index contributed by atoms with van der Waals surface area (Å²) in [7, 11) is 1.72. The van der Waals surface area contributed by atoms with E-state index in [2.05, 4.69) is 26.3 Å². The van der Waals surface area contributed by atoms with Crippen molar-refractivity contribution in [3.05, 3.63) is 87.6 Å². The molecule has 11 heteroatoms. The van der Waals surface area contributed by atoms with Crippen LogP contribution in [0.1, 0.15) is 21.6 Å². The van der Waals surface area contributed by atoms with Crippen molar-refractivity contribution in [3.63, 3.8) is 0 Å². The first-order chi connectivity index (χ1) is 16.3. The predicted molar refractivity (Wildman–Crippen MR) is 132 cm³/mol. The van der Waals surface area contributed by atoms with Crippen molar-refractivity contribution in [1.29, 1.82) is 0 Å². The molecule has 172 valence electrons. The highest BCUT2D eigenvalue weighted by molar-refractivity contribution is 7.80. The van der Waals surface area contributed by atoms with Gasteiger partial charge in [-0.3, -0.25) is 30.4 Å². The van der Waals surface area contributed by atoms with Crippen LogP contribution in [0.5, 0.6) is 0 Å². The van der Waals surface area contributed by atoms with Gasteiger partial charge in [0, 0.05) is 31.3 Å². The largest absolute Gasteiger partial charge is 0.357 e. The van der Waals surface area contributed by atoms with E-state index < -0.39 is 10.8 Å². The lowest BCUT2D eigenvalue weighted by Gasteiger charge is -2.13. The Kier molecular flexibility index (Phi) is 6.46. The number of non-ortho nitro benzene ring substituents is 1. The van der Waals surface area contributed by atoms with E-state index in [1.165, 1.54) is 12.1 Å². The van der Waals surface area contributed by atoms with E-state index in [9.17, 15) is 14.9 Å². The maximum absolute atomic E-state index is 13.1. The van der Waals surface area contributed by atoms with Gasteiger partial charge in [-0.25, -0.2) is 4.98 Å². The molecule has 1 amide bonds. The number of aromatic nitrogens is 3. The van der Waals surface area contributed by atoms with Crippen molar-refractivity contribution in [2.75, 3.05) is 0 Å². The maximum atomic E-state index is 13.1. The fourth-order valence-electron chi connectivity index (χ4n) is 3.55. The van der Waals surface area contributed by atoms with Gasteiger partial charge in [-0.15, -0.1) is 0 Å². The molecule has 0 spiro atoms. The van der Waals surface area contributed by atoms with E-state index in [4.69, 9.17) is 12.2 Å². The number of pyridine rings is 1. The van der Waals surface area contributed by atoms with E-state index in [0.29, 0.717) is 40.1 Å². The number of nitrogens with zero attached hydrogens (tertiary/aromatic N) is 4. The number of nitro groups is 1. The summed E-state index contributed by atoms with van der Waals surface area (Å²) < 4.78 is 1.57. The highest BCUT2D eigenvalue weighted by Gasteiger charge is 2.20. The number of nitrogens with one attached hydrogen (secondary N) is 3. The average molecular weight is 476 g/mol. The molecule has 0 unspecified atom stereocenters. The van der Waals surface area contributed by atoms with E-state index >= 15 is 0 Å². The van der Waals surface area contributed by atoms with Gasteiger partial charge in [0.1, 0.15) is 0 Å².